The van der Waals surface area contributed by atoms with Crippen LogP contribution in [0, 0.1) is 0 Å². The van der Waals surface area contributed by atoms with Crippen LogP contribution in [0.4, 0.5) is 24.5 Å². The normalized spacial score (nSPS) is 11.6. The minimum atomic E-state index is -4.53. The van der Waals surface area contributed by atoms with Crippen LogP contribution < -0.4 is 20.9 Å². The fourth-order valence-electron chi connectivity index (χ4n) is 3.57. The van der Waals surface area contributed by atoms with Crippen LogP contribution in [0.1, 0.15) is 40.7 Å². The van der Waals surface area contributed by atoms with E-state index in [0.29, 0.717) is 24.2 Å². The van der Waals surface area contributed by atoms with E-state index in [1.165, 1.54) is 54.6 Å². The maximum Gasteiger partial charge on any atom is 0.389 e. The van der Waals surface area contributed by atoms with Crippen LogP contribution in [0.5, 0.6) is 11.5 Å². The number of alkyl halides is 3. The lowest BCUT2D eigenvalue weighted by Crippen LogP contribution is -2.17. The summed E-state index contributed by atoms with van der Waals surface area (Å²) in [6.07, 6.45) is -4.46. The number of aryl methyl sites for hydroxylation is 1. The topological polar surface area (TPSA) is 142 Å². The highest BCUT2D eigenvalue weighted by atomic mass is 19.4. The van der Waals surface area contributed by atoms with E-state index in [9.17, 15) is 32.7 Å². The van der Waals surface area contributed by atoms with Gasteiger partial charge in [0.15, 0.2) is 0 Å². The van der Waals surface area contributed by atoms with Crippen molar-refractivity contribution in [1.29, 1.82) is 0 Å². The number of carboxylic acid groups (broad SMARTS) is 1. The molecular weight excluding hydrogens is 517 g/mol. The lowest BCUT2D eigenvalue weighted by molar-refractivity contribution is -0.151. The second kappa shape index (κ2) is 12.6. The molecule has 0 fully saturated rings. The molecule has 3 aromatic carbocycles. The minimum Gasteiger partial charge on any atom is -0.478 e. The third kappa shape index (κ3) is 8.63. The summed E-state index contributed by atoms with van der Waals surface area (Å²) in [4.78, 5) is 36.6. The first-order valence-electron chi connectivity index (χ1n) is 11.7. The van der Waals surface area contributed by atoms with Crippen LogP contribution in [-0.4, -0.2) is 29.2 Å². The number of esters is 2. The van der Waals surface area contributed by atoms with Crippen LogP contribution in [0.25, 0.3) is 5.57 Å². The number of ether oxygens (including phenoxy) is 2. The smallest absolute Gasteiger partial charge is 0.389 e. The van der Waals surface area contributed by atoms with Crippen molar-refractivity contribution in [2.45, 2.75) is 31.9 Å². The zero-order chi connectivity index (χ0) is 28.6. The SMILES string of the molecule is Nc1ccc(CCC=C(C(=O)O)c2cccc(OC(=O)c3ccccc3OC(=O)CCC(F)(F)F)c2)c(N)c1. The van der Waals surface area contributed by atoms with Gasteiger partial charge >= 0.3 is 24.1 Å². The maximum absolute atomic E-state index is 12.8. The molecule has 0 spiro atoms. The van der Waals surface area contributed by atoms with Crippen LogP contribution in [0.2, 0.25) is 0 Å². The van der Waals surface area contributed by atoms with Gasteiger partial charge in [0.05, 0.1) is 18.4 Å². The lowest BCUT2D eigenvalue weighted by atomic mass is 10.0. The molecule has 0 amide bonds. The average molecular weight is 543 g/mol. The first-order valence-corrected chi connectivity index (χ1v) is 11.7. The molecule has 0 unspecified atom stereocenters. The van der Waals surface area contributed by atoms with Crippen molar-refractivity contribution < 1.29 is 42.1 Å². The van der Waals surface area contributed by atoms with Gasteiger partial charge in [-0.3, -0.25) is 4.79 Å². The van der Waals surface area contributed by atoms with Crippen molar-refractivity contribution >= 4 is 34.9 Å². The highest BCUT2D eigenvalue weighted by Crippen LogP contribution is 2.26. The molecule has 0 saturated carbocycles. The number of carbonyl (C=O) groups excluding carboxylic acids is 2. The lowest BCUT2D eigenvalue weighted by Gasteiger charge is -2.11. The summed E-state index contributed by atoms with van der Waals surface area (Å²) in [5, 5.41) is 9.74. The van der Waals surface area contributed by atoms with Gasteiger partial charge in [-0.25, -0.2) is 9.59 Å². The van der Waals surface area contributed by atoms with Crippen molar-refractivity contribution in [1.82, 2.24) is 0 Å². The Morgan fingerprint density at radius 3 is 2.36 bits per heavy atom. The van der Waals surface area contributed by atoms with Crippen molar-refractivity contribution in [3.63, 3.8) is 0 Å². The minimum absolute atomic E-state index is 0.00521. The Hall–Kier alpha value is -4.80. The first kappa shape index (κ1) is 28.8. The molecule has 0 aliphatic heterocycles. The molecule has 39 heavy (non-hydrogen) atoms. The van der Waals surface area contributed by atoms with E-state index in [1.807, 2.05) is 0 Å². The van der Waals surface area contributed by atoms with Crippen LogP contribution in [0.15, 0.2) is 72.8 Å². The van der Waals surface area contributed by atoms with E-state index >= 15 is 0 Å². The van der Waals surface area contributed by atoms with Crippen LogP contribution in [0.3, 0.4) is 0 Å². The van der Waals surface area contributed by atoms with E-state index < -0.39 is 36.9 Å². The largest absolute Gasteiger partial charge is 0.478 e. The molecule has 0 aliphatic rings. The van der Waals surface area contributed by atoms with Gasteiger partial charge in [-0.2, -0.15) is 13.2 Å². The van der Waals surface area contributed by atoms with Gasteiger partial charge in [0.25, 0.3) is 0 Å². The Morgan fingerprint density at radius 1 is 0.923 bits per heavy atom. The van der Waals surface area contributed by atoms with E-state index in [2.05, 4.69) is 0 Å². The van der Waals surface area contributed by atoms with Gasteiger partial charge in [0, 0.05) is 11.4 Å². The van der Waals surface area contributed by atoms with Gasteiger partial charge in [0.1, 0.15) is 17.1 Å². The summed E-state index contributed by atoms with van der Waals surface area (Å²) in [7, 11) is 0. The van der Waals surface area contributed by atoms with E-state index in [4.69, 9.17) is 20.9 Å². The number of nitrogens with two attached hydrogens (primary N) is 2. The molecule has 11 heteroatoms. The van der Waals surface area contributed by atoms with E-state index in [0.717, 1.165) is 5.56 Å². The number of carboxylic acids is 1. The Balaban J connectivity index is 1.73. The number of benzene rings is 3. The molecule has 0 heterocycles. The van der Waals surface area contributed by atoms with Crippen LogP contribution in [-0.2, 0) is 16.0 Å². The molecule has 3 aromatic rings. The second-order valence-corrected chi connectivity index (χ2v) is 8.42. The Morgan fingerprint density at radius 2 is 1.67 bits per heavy atom. The summed E-state index contributed by atoms with van der Waals surface area (Å²) in [5.74, 6) is -3.57. The Kier molecular flexibility index (Phi) is 9.32. The van der Waals surface area contributed by atoms with Gasteiger partial charge in [0.2, 0.25) is 0 Å². The van der Waals surface area contributed by atoms with Crippen molar-refractivity contribution in [2.24, 2.45) is 0 Å². The van der Waals surface area contributed by atoms with E-state index in [-0.39, 0.29) is 28.2 Å². The number of hydrogen-bond acceptors (Lipinski definition) is 7. The summed E-state index contributed by atoms with van der Waals surface area (Å²) >= 11 is 0. The van der Waals surface area contributed by atoms with Gasteiger partial charge in [-0.1, -0.05) is 36.4 Å². The first-order chi connectivity index (χ1) is 18.4. The number of para-hydroxylation sites is 1. The van der Waals surface area contributed by atoms with Crippen molar-refractivity contribution in [2.75, 3.05) is 11.5 Å². The number of anilines is 2. The van der Waals surface area contributed by atoms with Gasteiger partial charge in [-0.05, 0) is 60.4 Å². The molecule has 0 aromatic heterocycles. The number of carbonyl (C=O) groups is 3. The second-order valence-electron chi connectivity index (χ2n) is 8.42. The molecule has 0 radical (unpaired) electrons. The molecule has 5 N–H and O–H groups in total. The summed E-state index contributed by atoms with van der Waals surface area (Å²) in [5.41, 5.74) is 13.5. The molecular formula is C28H25F3N2O6. The average Bonchev–Trinajstić information content (AvgIpc) is 2.86. The fraction of sp³-hybridized carbons (Fsp3) is 0.179. The molecule has 0 saturated heterocycles. The predicted molar refractivity (Wildman–Crippen MR) is 138 cm³/mol. The van der Waals surface area contributed by atoms with E-state index in [1.54, 1.807) is 18.2 Å². The monoisotopic (exact) mass is 542 g/mol. The number of allylic oxidation sites excluding steroid dienone is 1. The summed E-state index contributed by atoms with van der Waals surface area (Å²) < 4.78 is 47.5. The Bertz CT molecular complexity index is 1400. The zero-order valence-electron chi connectivity index (χ0n) is 20.5. The van der Waals surface area contributed by atoms with Crippen LogP contribution >= 0.6 is 0 Å². The zero-order valence-corrected chi connectivity index (χ0v) is 20.5. The standard InChI is InChI=1S/C28H25F3N2O6/c29-28(30,31)14-13-25(34)39-24-10-2-1-8-22(24)27(37)38-20-7-3-6-18(15-20)21(26(35)36)9-4-5-17-11-12-19(32)16-23(17)33/h1-3,6-12,15-16H,4-5,13-14,32-33H2,(H,35,36). The molecule has 0 bridgehead atoms. The highest BCUT2D eigenvalue weighted by Gasteiger charge is 2.29. The number of nitrogen functional groups attached to an aromatic ring is 2. The highest BCUT2D eigenvalue weighted by molar-refractivity contribution is 6.15. The molecule has 3 rings (SSSR count). The van der Waals surface area contributed by atoms with Crippen molar-refractivity contribution in [3.8, 4) is 11.5 Å². The van der Waals surface area contributed by atoms with Gasteiger partial charge < -0.3 is 26.0 Å². The number of aliphatic carboxylic acids is 1. The number of rotatable bonds is 10. The third-order valence-corrected chi connectivity index (χ3v) is 5.46. The Labute approximate surface area is 221 Å². The number of halogens is 3. The predicted octanol–water partition coefficient (Wildman–Crippen LogP) is 5.42. The summed E-state index contributed by atoms with van der Waals surface area (Å²) in [6.45, 7) is 0. The van der Waals surface area contributed by atoms with Crippen molar-refractivity contribution in [3.05, 3.63) is 89.5 Å². The van der Waals surface area contributed by atoms with Gasteiger partial charge in [-0.15, -0.1) is 0 Å². The fourth-order valence-corrected chi connectivity index (χ4v) is 3.57. The maximum atomic E-state index is 12.8. The molecule has 8 nitrogen and oxygen atoms in total. The molecule has 0 aliphatic carbocycles. The number of hydrogen-bond donors (Lipinski definition) is 3. The summed E-state index contributed by atoms with van der Waals surface area (Å²) in [6, 6.07) is 16.3. The molecule has 0 atom stereocenters. The molecule has 204 valence electrons. The quantitative estimate of drug-likeness (QED) is 0.133. The third-order valence-electron chi connectivity index (χ3n) is 5.46.